The molecule has 1 aromatic carbocycles. The third kappa shape index (κ3) is 3.03. The fraction of sp³-hybridized carbons (Fsp3) is 0.538. The van der Waals surface area contributed by atoms with Crippen LogP contribution < -0.4 is 15.8 Å². The van der Waals surface area contributed by atoms with Crippen LogP contribution in [0.1, 0.15) is 19.8 Å². The molecule has 0 spiro atoms. The smallest absolute Gasteiger partial charge is 0.123 e. The minimum atomic E-state index is 0.403. The Hall–Kier alpha value is -1.42. The zero-order valence-corrected chi connectivity index (χ0v) is 10.4. The van der Waals surface area contributed by atoms with E-state index in [1.807, 2.05) is 25.1 Å². The van der Waals surface area contributed by atoms with Gasteiger partial charge in [0.15, 0.2) is 0 Å². The first kappa shape index (κ1) is 12.0. The van der Waals surface area contributed by atoms with E-state index in [-0.39, 0.29) is 0 Å². The molecule has 0 atom stereocenters. The van der Waals surface area contributed by atoms with Crippen LogP contribution in [0.2, 0.25) is 0 Å². The molecule has 1 fully saturated rings. The summed E-state index contributed by atoms with van der Waals surface area (Å²) in [6.07, 6.45) is 2.50. The predicted octanol–water partition coefficient (Wildman–Crippen LogP) is 2.26. The largest absolute Gasteiger partial charge is 0.494 e. The quantitative estimate of drug-likeness (QED) is 0.770. The van der Waals surface area contributed by atoms with Gasteiger partial charge in [-0.3, -0.25) is 0 Å². The number of hydrogen-bond acceptors (Lipinski definition) is 4. The Bertz CT molecular complexity index is 376. The van der Waals surface area contributed by atoms with Crippen molar-refractivity contribution in [3.63, 3.8) is 0 Å². The van der Waals surface area contributed by atoms with Gasteiger partial charge in [0.05, 0.1) is 12.7 Å². The first-order chi connectivity index (χ1) is 8.21. The fourth-order valence-corrected chi connectivity index (χ4v) is 2.07. The van der Waals surface area contributed by atoms with Gasteiger partial charge in [0.1, 0.15) is 5.75 Å². The fourth-order valence-electron chi connectivity index (χ4n) is 2.07. The Morgan fingerprint density at radius 2 is 2.12 bits per heavy atom. The molecular formula is C13H20N2O2. The van der Waals surface area contributed by atoms with E-state index in [0.717, 1.165) is 30.0 Å². The van der Waals surface area contributed by atoms with Crippen molar-refractivity contribution in [3.05, 3.63) is 18.2 Å². The molecule has 0 amide bonds. The summed E-state index contributed by atoms with van der Waals surface area (Å²) in [6.45, 7) is 2.61. The van der Waals surface area contributed by atoms with E-state index in [1.54, 1.807) is 7.11 Å². The summed E-state index contributed by atoms with van der Waals surface area (Å²) < 4.78 is 10.7. The van der Waals surface area contributed by atoms with Crippen LogP contribution in [0.4, 0.5) is 11.4 Å². The maximum atomic E-state index is 5.83. The van der Waals surface area contributed by atoms with Gasteiger partial charge in [-0.05, 0) is 25.8 Å². The molecule has 94 valence electrons. The first-order valence-electron chi connectivity index (χ1n) is 6.04. The van der Waals surface area contributed by atoms with Gasteiger partial charge in [-0.1, -0.05) is 0 Å². The Morgan fingerprint density at radius 1 is 1.35 bits per heavy atom. The minimum absolute atomic E-state index is 0.403. The molecule has 1 aliphatic rings. The first-order valence-corrected chi connectivity index (χ1v) is 6.04. The average Bonchev–Trinajstić information content (AvgIpc) is 2.22. The highest BCUT2D eigenvalue weighted by Crippen LogP contribution is 2.29. The molecule has 3 N–H and O–H groups in total. The Balaban J connectivity index is 1.96. The van der Waals surface area contributed by atoms with E-state index in [9.17, 15) is 0 Å². The number of rotatable bonds is 5. The van der Waals surface area contributed by atoms with Crippen LogP contribution in [0, 0.1) is 0 Å². The summed E-state index contributed by atoms with van der Waals surface area (Å²) in [5, 5.41) is 3.44. The van der Waals surface area contributed by atoms with Crippen molar-refractivity contribution in [2.45, 2.75) is 31.9 Å². The standard InChI is InChI=1S/C13H20N2O2/c1-3-17-13-5-9(14)4-10(8-13)15-11-6-12(7-11)16-2/h4-5,8,11-12,15H,3,6-7,14H2,1-2H3. The minimum Gasteiger partial charge on any atom is -0.494 e. The number of nitrogen functional groups attached to an aromatic ring is 1. The second-order valence-corrected chi connectivity index (χ2v) is 4.39. The van der Waals surface area contributed by atoms with Crippen LogP contribution in [0.25, 0.3) is 0 Å². The molecule has 0 aliphatic heterocycles. The van der Waals surface area contributed by atoms with Crippen LogP contribution in [-0.4, -0.2) is 25.9 Å². The monoisotopic (exact) mass is 236 g/mol. The summed E-state index contributed by atoms with van der Waals surface area (Å²) in [7, 11) is 1.76. The van der Waals surface area contributed by atoms with Crippen LogP contribution in [-0.2, 0) is 4.74 Å². The van der Waals surface area contributed by atoms with Gasteiger partial charge in [-0.25, -0.2) is 0 Å². The molecule has 1 aliphatic carbocycles. The Kier molecular flexibility index (Phi) is 3.74. The van der Waals surface area contributed by atoms with Crippen molar-refractivity contribution in [1.29, 1.82) is 0 Å². The van der Waals surface area contributed by atoms with Crippen molar-refractivity contribution in [3.8, 4) is 5.75 Å². The molecule has 1 saturated carbocycles. The van der Waals surface area contributed by atoms with Crippen LogP contribution >= 0.6 is 0 Å². The van der Waals surface area contributed by atoms with E-state index in [1.165, 1.54) is 0 Å². The highest BCUT2D eigenvalue weighted by molar-refractivity contribution is 5.59. The lowest BCUT2D eigenvalue weighted by Crippen LogP contribution is -2.40. The predicted molar refractivity (Wildman–Crippen MR) is 69.5 cm³/mol. The lowest BCUT2D eigenvalue weighted by atomic mass is 9.89. The lowest BCUT2D eigenvalue weighted by molar-refractivity contribution is 0.0329. The van der Waals surface area contributed by atoms with E-state index in [2.05, 4.69) is 5.32 Å². The molecule has 1 aromatic rings. The van der Waals surface area contributed by atoms with Gasteiger partial charge in [-0.15, -0.1) is 0 Å². The normalized spacial score (nSPS) is 22.9. The van der Waals surface area contributed by atoms with Gasteiger partial charge in [0.25, 0.3) is 0 Å². The topological polar surface area (TPSA) is 56.5 Å². The van der Waals surface area contributed by atoms with E-state index in [0.29, 0.717) is 18.8 Å². The molecule has 0 unspecified atom stereocenters. The van der Waals surface area contributed by atoms with Crippen molar-refractivity contribution >= 4 is 11.4 Å². The molecule has 0 aromatic heterocycles. The third-order valence-corrected chi connectivity index (χ3v) is 3.04. The SMILES string of the molecule is CCOc1cc(N)cc(NC2CC(OC)C2)c1. The maximum absolute atomic E-state index is 5.83. The molecule has 2 rings (SSSR count). The van der Waals surface area contributed by atoms with Gasteiger partial charge in [-0.2, -0.15) is 0 Å². The molecule has 4 nitrogen and oxygen atoms in total. The lowest BCUT2D eigenvalue weighted by Gasteiger charge is -2.35. The zero-order valence-electron chi connectivity index (χ0n) is 10.4. The summed E-state index contributed by atoms with van der Waals surface area (Å²) in [4.78, 5) is 0. The molecular weight excluding hydrogens is 216 g/mol. The second kappa shape index (κ2) is 5.27. The highest BCUT2D eigenvalue weighted by atomic mass is 16.5. The van der Waals surface area contributed by atoms with Gasteiger partial charge in [0, 0.05) is 36.7 Å². The van der Waals surface area contributed by atoms with Crippen LogP contribution in [0.3, 0.4) is 0 Å². The van der Waals surface area contributed by atoms with Gasteiger partial charge in [0.2, 0.25) is 0 Å². The van der Waals surface area contributed by atoms with Crippen LogP contribution in [0.15, 0.2) is 18.2 Å². The van der Waals surface area contributed by atoms with Crippen molar-refractivity contribution in [2.24, 2.45) is 0 Å². The average molecular weight is 236 g/mol. The van der Waals surface area contributed by atoms with Crippen molar-refractivity contribution in [2.75, 3.05) is 24.8 Å². The maximum Gasteiger partial charge on any atom is 0.123 e. The molecule has 0 radical (unpaired) electrons. The van der Waals surface area contributed by atoms with Gasteiger partial charge < -0.3 is 20.5 Å². The molecule has 4 heteroatoms. The number of ether oxygens (including phenoxy) is 2. The molecule has 0 saturated heterocycles. The highest BCUT2D eigenvalue weighted by Gasteiger charge is 2.28. The Labute approximate surface area is 102 Å². The van der Waals surface area contributed by atoms with E-state index in [4.69, 9.17) is 15.2 Å². The number of anilines is 2. The summed E-state index contributed by atoms with van der Waals surface area (Å²) in [6, 6.07) is 6.24. The van der Waals surface area contributed by atoms with E-state index >= 15 is 0 Å². The number of nitrogens with one attached hydrogen (secondary N) is 1. The third-order valence-electron chi connectivity index (χ3n) is 3.04. The number of nitrogens with two attached hydrogens (primary N) is 1. The molecule has 0 heterocycles. The molecule has 0 bridgehead atoms. The summed E-state index contributed by atoms with van der Waals surface area (Å²) in [5.74, 6) is 0.817. The number of methoxy groups -OCH3 is 1. The van der Waals surface area contributed by atoms with Crippen molar-refractivity contribution in [1.82, 2.24) is 0 Å². The number of benzene rings is 1. The van der Waals surface area contributed by atoms with E-state index < -0.39 is 0 Å². The van der Waals surface area contributed by atoms with Crippen LogP contribution in [0.5, 0.6) is 5.75 Å². The second-order valence-electron chi connectivity index (χ2n) is 4.39. The molecule has 17 heavy (non-hydrogen) atoms. The number of hydrogen-bond donors (Lipinski definition) is 2. The van der Waals surface area contributed by atoms with Gasteiger partial charge >= 0.3 is 0 Å². The summed E-state index contributed by atoms with van der Waals surface area (Å²) in [5.41, 5.74) is 7.58. The van der Waals surface area contributed by atoms with Crippen molar-refractivity contribution < 1.29 is 9.47 Å². The Morgan fingerprint density at radius 3 is 2.76 bits per heavy atom. The zero-order chi connectivity index (χ0) is 12.3. The summed E-state index contributed by atoms with van der Waals surface area (Å²) >= 11 is 0.